The predicted molar refractivity (Wildman–Crippen MR) is 99.4 cm³/mol. The quantitative estimate of drug-likeness (QED) is 0.861. The van der Waals surface area contributed by atoms with Gasteiger partial charge in [0.15, 0.2) is 0 Å². The summed E-state index contributed by atoms with van der Waals surface area (Å²) in [6, 6.07) is 11.5. The molecule has 1 aliphatic heterocycles. The second-order valence-corrected chi connectivity index (χ2v) is 7.08. The molecule has 1 aromatic heterocycles. The molecule has 1 N–H and O–H groups in total. The summed E-state index contributed by atoms with van der Waals surface area (Å²) in [5.41, 5.74) is 0.638. The lowest BCUT2D eigenvalue weighted by Gasteiger charge is -2.37. The third-order valence-electron chi connectivity index (χ3n) is 4.46. The van der Waals surface area contributed by atoms with E-state index >= 15 is 0 Å². The highest BCUT2D eigenvalue weighted by atomic mass is 32.1. The largest absolute Gasteiger partial charge is 0.497 e. The minimum Gasteiger partial charge on any atom is -0.497 e. The molecule has 1 amide bonds. The number of hydrogen-bond acceptors (Lipinski definition) is 5. The first-order valence-corrected chi connectivity index (χ1v) is 9.37. The lowest BCUT2D eigenvalue weighted by molar-refractivity contribution is 0.00969. The van der Waals surface area contributed by atoms with Gasteiger partial charge in [0, 0.05) is 29.6 Å². The Morgan fingerprint density at radius 3 is 2.56 bits per heavy atom. The normalized spacial score (nSPS) is 17.7. The first kappa shape index (κ1) is 17.9. The van der Waals surface area contributed by atoms with Crippen molar-refractivity contribution >= 4 is 17.2 Å². The first-order chi connectivity index (χ1) is 12.2. The fraction of sp³-hybridized carbons (Fsp3) is 0.421. The maximum Gasteiger partial charge on any atom is 0.251 e. The van der Waals surface area contributed by atoms with Gasteiger partial charge < -0.3 is 14.8 Å². The van der Waals surface area contributed by atoms with Crippen LogP contribution in [0.15, 0.2) is 41.8 Å². The molecule has 3 rings (SSSR count). The van der Waals surface area contributed by atoms with Gasteiger partial charge in [0.05, 0.1) is 26.4 Å². The highest BCUT2D eigenvalue weighted by Gasteiger charge is 2.29. The molecule has 1 aromatic carbocycles. The molecule has 2 aromatic rings. The van der Waals surface area contributed by atoms with Crippen LogP contribution in [0.5, 0.6) is 5.75 Å². The van der Waals surface area contributed by atoms with Gasteiger partial charge >= 0.3 is 0 Å². The zero-order chi connectivity index (χ0) is 17.6. The Bertz CT molecular complexity index is 666. The maximum atomic E-state index is 12.6. The molecule has 25 heavy (non-hydrogen) atoms. The zero-order valence-corrected chi connectivity index (χ0v) is 15.4. The van der Waals surface area contributed by atoms with Gasteiger partial charge in [-0.15, -0.1) is 11.3 Å². The van der Waals surface area contributed by atoms with E-state index in [1.165, 1.54) is 4.88 Å². The molecule has 0 radical (unpaired) electrons. The molecule has 134 valence electrons. The minimum absolute atomic E-state index is 0.00801. The van der Waals surface area contributed by atoms with E-state index in [0.29, 0.717) is 5.56 Å². The molecular weight excluding hydrogens is 336 g/mol. The number of amides is 1. The van der Waals surface area contributed by atoms with Gasteiger partial charge in [-0.05, 0) is 42.6 Å². The molecule has 1 fully saturated rings. The molecule has 6 heteroatoms. The van der Waals surface area contributed by atoms with E-state index in [0.717, 1.165) is 32.1 Å². The van der Waals surface area contributed by atoms with Gasteiger partial charge in [0.1, 0.15) is 5.75 Å². The van der Waals surface area contributed by atoms with Crippen LogP contribution in [0.4, 0.5) is 0 Å². The fourth-order valence-corrected chi connectivity index (χ4v) is 4.13. The number of methoxy groups -OCH3 is 1. The molecule has 1 saturated heterocycles. The summed E-state index contributed by atoms with van der Waals surface area (Å²) in [6.45, 7) is 5.31. The highest BCUT2D eigenvalue weighted by Crippen LogP contribution is 2.29. The predicted octanol–water partition coefficient (Wildman–Crippen LogP) is 2.95. The van der Waals surface area contributed by atoms with E-state index < -0.39 is 0 Å². The van der Waals surface area contributed by atoms with Crippen LogP contribution in [0, 0.1) is 0 Å². The molecular formula is C19H24N2O3S. The molecule has 1 aliphatic rings. The van der Waals surface area contributed by atoms with Crippen molar-refractivity contribution in [2.24, 2.45) is 0 Å². The van der Waals surface area contributed by atoms with Gasteiger partial charge in [-0.1, -0.05) is 6.07 Å². The second-order valence-electron chi connectivity index (χ2n) is 6.10. The maximum absolute atomic E-state index is 12.6. The number of hydrogen-bond donors (Lipinski definition) is 1. The lowest BCUT2D eigenvalue weighted by Crippen LogP contribution is -2.48. The average Bonchev–Trinajstić information content (AvgIpc) is 3.17. The van der Waals surface area contributed by atoms with Gasteiger partial charge in [-0.3, -0.25) is 9.69 Å². The van der Waals surface area contributed by atoms with Gasteiger partial charge in [0.25, 0.3) is 5.91 Å². The van der Waals surface area contributed by atoms with Crippen LogP contribution in [0.2, 0.25) is 0 Å². The van der Waals surface area contributed by atoms with E-state index in [-0.39, 0.29) is 18.0 Å². The number of ether oxygens (including phenoxy) is 2. The number of carbonyl (C=O) groups is 1. The van der Waals surface area contributed by atoms with Crippen molar-refractivity contribution in [2.45, 2.75) is 19.0 Å². The van der Waals surface area contributed by atoms with E-state index in [9.17, 15) is 4.79 Å². The third-order valence-corrected chi connectivity index (χ3v) is 5.40. The van der Waals surface area contributed by atoms with Crippen LogP contribution >= 0.6 is 11.3 Å². The molecule has 5 nitrogen and oxygen atoms in total. The summed E-state index contributed by atoms with van der Waals surface area (Å²) in [5.74, 6) is 0.680. The summed E-state index contributed by atoms with van der Waals surface area (Å²) in [7, 11) is 1.62. The SMILES string of the molecule is COc1ccc(C(=O)N[C@@H](C)[C@H](c2cccs2)N2CCOCC2)cc1. The number of thiophene rings is 1. The van der Waals surface area contributed by atoms with Crippen LogP contribution in [-0.4, -0.2) is 50.3 Å². The number of morpholine rings is 1. The minimum atomic E-state index is -0.0648. The summed E-state index contributed by atoms with van der Waals surface area (Å²) < 4.78 is 10.6. The third kappa shape index (κ3) is 4.39. The molecule has 0 saturated carbocycles. The van der Waals surface area contributed by atoms with E-state index in [4.69, 9.17) is 9.47 Å². The van der Waals surface area contributed by atoms with E-state index in [1.807, 2.05) is 0 Å². The van der Waals surface area contributed by atoms with E-state index in [1.54, 1.807) is 42.7 Å². The van der Waals surface area contributed by atoms with Gasteiger partial charge in [-0.25, -0.2) is 0 Å². The van der Waals surface area contributed by atoms with Crippen molar-refractivity contribution < 1.29 is 14.3 Å². The zero-order valence-electron chi connectivity index (χ0n) is 14.6. The van der Waals surface area contributed by atoms with Crippen LogP contribution < -0.4 is 10.1 Å². The summed E-state index contributed by atoms with van der Waals surface area (Å²) in [4.78, 5) is 16.3. The molecule has 0 unspecified atom stereocenters. The Balaban J connectivity index is 1.72. The number of benzene rings is 1. The summed E-state index contributed by atoms with van der Waals surface area (Å²) >= 11 is 1.73. The standard InChI is InChI=1S/C19H24N2O3S/c1-14(20-19(22)15-5-7-16(23-2)8-6-15)18(17-4-3-13-25-17)21-9-11-24-12-10-21/h3-8,13-14,18H,9-12H2,1-2H3,(H,20,22)/t14-,18+/m0/s1. The smallest absolute Gasteiger partial charge is 0.251 e. The van der Waals surface area contributed by atoms with E-state index in [2.05, 4.69) is 34.7 Å². The van der Waals surface area contributed by atoms with Crippen molar-refractivity contribution in [2.75, 3.05) is 33.4 Å². The Hall–Kier alpha value is -1.89. The topological polar surface area (TPSA) is 50.8 Å². The summed E-state index contributed by atoms with van der Waals surface area (Å²) in [6.07, 6.45) is 0. The van der Waals surface area contributed by atoms with Crippen LogP contribution in [0.1, 0.15) is 28.2 Å². The number of rotatable bonds is 6. The Morgan fingerprint density at radius 2 is 1.96 bits per heavy atom. The fourth-order valence-electron chi connectivity index (χ4n) is 3.17. The second kappa shape index (κ2) is 8.47. The molecule has 2 atom stereocenters. The van der Waals surface area contributed by atoms with Crippen molar-refractivity contribution in [3.63, 3.8) is 0 Å². The van der Waals surface area contributed by atoms with Crippen molar-refractivity contribution in [3.05, 3.63) is 52.2 Å². The van der Waals surface area contributed by atoms with Gasteiger partial charge in [-0.2, -0.15) is 0 Å². The number of carbonyl (C=O) groups excluding carboxylic acids is 1. The number of nitrogens with zero attached hydrogens (tertiary/aromatic N) is 1. The molecule has 0 spiro atoms. The molecule has 0 aliphatic carbocycles. The van der Waals surface area contributed by atoms with Gasteiger partial charge in [0.2, 0.25) is 0 Å². The Morgan fingerprint density at radius 1 is 1.24 bits per heavy atom. The molecule has 2 heterocycles. The Kier molecular flexibility index (Phi) is 6.07. The average molecular weight is 360 g/mol. The van der Waals surface area contributed by atoms with Crippen molar-refractivity contribution in [1.29, 1.82) is 0 Å². The Labute approximate surface area is 152 Å². The molecule has 0 bridgehead atoms. The number of nitrogens with one attached hydrogen (secondary N) is 1. The van der Waals surface area contributed by atoms with Crippen molar-refractivity contribution in [1.82, 2.24) is 10.2 Å². The highest BCUT2D eigenvalue weighted by molar-refractivity contribution is 7.10. The lowest BCUT2D eigenvalue weighted by atomic mass is 10.0. The van der Waals surface area contributed by atoms with Crippen LogP contribution in [0.25, 0.3) is 0 Å². The van der Waals surface area contributed by atoms with Crippen molar-refractivity contribution in [3.8, 4) is 5.75 Å². The monoisotopic (exact) mass is 360 g/mol. The van der Waals surface area contributed by atoms with Crippen LogP contribution in [0.3, 0.4) is 0 Å². The summed E-state index contributed by atoms with van der Waals surface area (Å²) in [5, 5.41) is 5.25. The first-order valence-electron chi connectivity index (χ1n) is 8.49. The van der Waals surface area contributed by atoms with Crippen LogP contribution in [-0.2, 0) is 4.74 Å².